The van der Waals surface area contributed by atoms with E-state index in [1.165, 1.54) is 7.11 Å². The molecule has 108 valence electrons. The molecule has 1 aliphatic heterocycles. The summed E-state index contributed by atoms with van der Waals surface area (Å²) < 4.78 is 4.80. The third-order valence-electron chi connectivity index (χ3n) is 3.49. The second-order valence-electron chi connectivity index (χ2n) is 4.76. The molecule has 1 aromatic carbocycles. The molecule has 1 heterocycles. The lowest BCUT2D eigenvalue weighted by atomic mass is 10.1. The van der Waals surface area contributed by atoms with Gasteiger partial charge in [0, 0.05) is 38.8 Å². The maximum absolute atomic E-state index is 11.8. The summed E-state index contributed by atoms with van der Waals surface area (Å²) in [5.41, 5.74) is 7.52. The fraction of sp³-hybridized carbons (Fsp3) is 0.429. The second kappa shape index (κ2) is 5.81. The molecule has 20 heavy (non-hydrogen) atoms. The summed E-state index contributed by atoms with van der Waals surface area (Å²) in [6.07, 6.45) is 0. The summed E-state index contributed by atoms with van der Waals surface area (Å²) >= 11 is 0. The topological polar surface area (TPSA) is 75.9 Å². The lowest BCUT2D eigenvalue weighted by molar-refractivity contribution is -0.129. The zero-order valence-electron chi connectivity index (χ0n) is 11.8. The molecule has 1 saturated heterocycles. The molecule has 0 bridgehead atoms. The summed E-state index contributed by atoms with van der Waals surface area (Å²) in [6, 6.07) is 5.21. The van der Waals surface area contributed by atoms with Crippen LogP contribution in [0, 0.1) is 0 Å². The van der Waals surface area contributed by atoms with Crippen LogP contribution in [0.2, 0.25) is 0 Å². The van der Waals surface area contributed by atoms with Crippen molar-refractivity contribution in [3.8, 4) is 0 Å². The van der Waals surface area contributed by atoms with Crippen LogP contribution in [0.4, 0.5) is 11.4 Å². The van der Waals surface area contributed by atoms with Crippen molar-refractivity contribution >= 4 is 23.3 Å². The van der Waals surface area contributed by atoms with Crippen molar-refractivity contribution in [2.75, 3.05) is 43.9 Å². The fourth-order valence-electron chi connectivity index (χ4n) is 2.37. The minimum atomic E-state index is -0.402. The normalized spacial score (nSPS) is 15.1. The van der Waals surface area contributed by atoms with Crippen LogP contribution in [0.15, 0.2) is 18.2 Å². The highest BCUT2D eigenvalue weighted by Crippen LogP contribution is 2.25. The van der Waals surface area contributed by atoms with Crippen LogP contribution in [-0.4, -0.2) is 50.1 Å². The van der Waals surface area contributed by atoms with E-state index in [4.69, 9.17) is 10.5 Å². The van der Waals surface area contributed by atoms with Crippen molar-refractivity contribution in [3.63, 3.8) is 0 Å². The number of methoxy groups -OCH3 is 1. The molecular formula is C14H19N3O3. The quantitative estimate of drug-likeness (QED) is 0.637. The zero-order chi connectivity index (χ0) is 14.7. The van der Waals surface area contributed by atoms with E-state index >= 15 is 0 Å². The summed E-state index contributed by atoms with van der Waals surface area (Å²) in [5.74, 6) is -0.323. The van der Waals surface area contributed by atoms with Crippen LogP contribution in [0.3, 0.4) is 0 Å². The van der Waals surface area contributed by atoms with E-state index in [-0.39, 0.29) is 5.91 Å². The number of nitrogens with zero attached hydrogens (tertiary/aromatic N) is 2. The monoisotopic (exact) mass is 277 g/mol. The maximum Gasteiger partial charge on any atom is 0.340 e. The van der Waals surface area contributed by atoms with Gasteiger partial charge >= 0.3 is 5.97 Å². The van der Waals surface area contributed by atoms with Gasteiger partial charge in [-0.05, 0) is 18.2 Å². The molecule has 0 aromatic heterocycles. The number of carbonyl (C=O) groups is 2. The Labute approximate surface area is 118 Å². The van der Waals surface area contributed by atoms with Gasteiger partial charge in [0.15, 0.2) is 0 Å². The van der Waals surface area contributed by atoms with Crippen LogP contribution in [0.1, 0.15) is 17.3 Å². The summed E-state index contributed by atoms with van der Waals surface area (Å²) in [4.78, 5) is 27.0. The fourth-order valence-corrected chi connectivity index (χ4v) is 2.37. The molecule has 1 fully saturated rings. The number of piperazine rings is 1. The van der Waals surface area contributed by atoms with Gasteiger partial charge in [0.2, 0.25) is 5.91 Å². The van der Waals surface area contributed by atoms with Gasteiger partial charge < -0.3 is 20.3 Å². The van der Waals surface area contributed by atoms with Crippen molar-refractivity contribution in [2.45, 2.75) is 6.92 Å². The number of nitrogen functional groups attached to an aromatic ring is 1. The third kappa shape index (κ3) is 2.84. The number of esters is 1. The van der Waals surface area contributed by atoms with Crippen molar-refractivity contribution in [1.29, 1.82) is 0 Å². The Bertz CT molecular complexity index is 522. The first-order valence-corrected chi connectivity index (χ1v) is 6.51. The van der Waals surface area contributed by atoms with Gasteiger partial charge in [-0.2, -0.15) is 0 Å². The average Bonchev–Trinajstić information content (AvgIpc) is 2.46. The molecular weight excluding hydrogens is 258 g/mol. The maximum atomic E-state index is 11.8. The van der Waals surface area contributed by atoms with Crippen LogP contribution in [-0.2, 0) is 9.53 Å². The molecule has 0 unspecified atom stereocenters. The van der Waals surface area contributed by atoms with Gasteiger partial charge in [-0.3, -0.25) is 4.79 Å². The number of rotatable bonds is 2. The van der Waals surface area contributed by atoms with Gasteiger partial charge in [0.1, 0.15) is 0 Å². The Hall–Kier alpha value is -2.24. The molecule has 2 rings (SSSR count). The van der Waals surface area contributed by atoms with E-state index in [1.54, 1.807) is 24.0 Å². The number of ether oxygens (including phenoxy) is 1. The highest BCUT2D eigenvalue weighted by Gasteiger charge is 2.23. The van der Waals surface area contributed by atoms with E-state index in [0.29, 0.717) is 37.4 Å². The van der Waals surface area contributed by atoms with Gasteiger partial charge in [0.25, 0.3) is 0 Å². The molecule has 0 aliphatic carbocycles. The Balaban J connectivity index is 2.21. The first-order valence-electron chi connectivity index (χ1n) is 6.51. The van der Waals surface area contributed by atoms with Crippen molar-refractivity contribution in [2.24, 2.45) is 0 Å². The lowest BCUT2D eigenvalue weighted by Crippen LogP contribution is -2.48. The Morgan fingerprint density at radius 3 is 2.40 bits per heavy atom. The van der Waals surface area contributed by atoms with E-state index in [2.05, 4.69) is 4.90 Å². The molecule has 1 amide bonds. The van der Waals surface area contributed by atoms with Crippen LogP contribution in [0.25, 0.3) is 0 Å². The number of benzene rings is 1. The molecule has 0 spiro atoms. The number of amides is 1. The standard InChI is InChI=1S/C14H19N3O3/c1-10(18)16-5-7-17(8-6-16)13-4-3-11(15)9-12(13)14(19)20-2/h3-4,9H,5-8,15H2,1-2H3. The first-order chi connectivity index (χ1) is 9.52. The predicted molar refractivity (Wildman–Crippen MR) is 76.7 cm³/mol. The van der Waals surface area contributed by atoms with Crippen molar-refractivity contribution in [1.82, 2.24) is 4.90 Å². The minimum Gasteiger partial charge on any atom is -0.465 e. The molecule has 1 aliphatic rings. The minimum absolute atomic E-state index is 0.0788. The highest BCUT2D eigenvalue weighted by molar-refractivity contribution is 5.97. The Morgan fingerprint density at radius 1 is 1.20 bits per heavy atom. The number of nitrogens with two attached hydrogens (primary N) is 1. The smallest absolute Gasteiger partial charge is 0.340 e. The Morgan fingerprint density at radius 2 is 1.85 bits per heavy atom. The van der Waals surface area contributed by atoms with Gasteiger partial charge in [-0.25, -0.2) is 4.79 Å². The van der Waals surface area contributed by atoms with Crippen molar-refractivity contribution in [3.05, 3.63) is 23.8 Å². The van der Waals surface area contributed by atoms with E-state index in [0.717, 1.165) is 5.69 Å². The van der Waals surface area contributed by atoms with E-state index < -0.39 is 5.97 Å². The first kappa shape index (κ1) is 14.2. The van der Waals surface area contributed by atoms with Crippen LogP contribution in [0.5, 0.6) is 0 Å². The van der Waals surface area contributed by atoms with Gasteiger partial charge in [-0.1, -0.05) is 0 Å². The van der Waals surface area contributed by atoms with Gasteiger partial charge in [0.05, 0.1) is 18.4 Å². The van der Waals surface area contributed by atoms with Crippen LogP contribution < -0.4 is 10.6 Å². The molecule has 2 N–H and O–H groups in total. The van der Waals surface area contributed by atoms with Crippen molar-refractivity contribution < 1.29 is 14.3 Å². The average molecular weight is 277 g/mol. The summed E-state index contributed by atoms with van der Waals surface area (Å²) in [7, 11) is 1.35. The van der Waals surface area contributed by atoms with Gasteiger partial charge in [-0.15, -0.1) is 0 Å². The number of anilines is 2. The Kier molecular flexibility index (Phi) is 4.12. The summed E-state index contributed by atoms with van der Waals surface area (Å²) in [5, 5.41) is 0. The molecule has 6 heteroatoms. The molecule has 0 atom stereocenters. The summed E-state index contributed by atoms with van der Waals surface area (Å²) in [6.45, 7) is 4.25. The van der Waals surface area contributed by atoms with E-state index in [9.17, 15) is 9.59 Å². The van der Waals surface area contributed by atoms with Crippen LogP contribution >= 0.6 is 0 Å². The number of hydrogen-bond acceptors (Lipinski definition) is 5. The molecule has 0 saturated carbocycles. The molecule has 1 aromatic rings. The third-order valence-corrected chi connectivity index (χ3v) is 3.49. The highest BCUT2D eigenvalue weighted by atomic mass is 16.5. The predicted octanol–water partition coefficient (Wildman–Crippen LogP) is 0.724. The SMILES string of the molecule is COC(=O)c1cc(N)ccc1N1CCN(C(C)=O)CC1. The zero-order valence-corrected chi connectivity index (χ0v) is 11.8. The number of carbonyl (C=O) groups excluding carboxylic acids is 2. The second-order valence-corrected chi connectivity index (χ2v) is 4.76. The molecule has 6 nitrogen and oxygen atoms in total. The van der Waals surface area contributed by atoms with E-state index in [1.807, 2.05) is 6.07 Å². The largest absolute Gasteiger partial charge is 0.465 e. The lowest BCUT2D eigenvalue weighted by Gasteiger charge is -2.36. The number of hydrogen-bond donors (Lipinski definition) is 1. The molecule has 0 radical (unpaired) electrons.